The Labute approximate surface area is 139 Å². The van der Waals surface area contributed by atoms with Gasteiger partial charge < -0.3 is 20.3 Å². The maximum Gasteiger partial charge on any atom is 0.414 e. The number of aliphatic carboxylic acids is 2. The number of rotatable bonds is 2. The Balaban J connectivity index is 0.000000301. The zero-order valence-corrected chi connectivity index (χ0v) is 13.0. The van der Waals surface area contributed by atoms with E-state index >= 15 is 0 Å². The lowest BCUT2D eigenvalue weighted by Gasteiger charge is -2.19. The molecule has 6 heteroatoms. The van der Waals surface area contributed by atoms with E-state index in [1.54, 1.807) is 0 Å². The molecule has 1 aliphatic heterocycles. The number of nitrogens with one attached hydrogen (secondary N) is 1. The Bertz CT molecular complexity index is 675. The van der Waals surface area contributed by atoms with E-state index < -0.39 is 11.9 Å². The molecule has 0 bridgehead atoms. The number of fused-ring (bicyclic) bond motifs is 1. The zero-order chi connectivity index (χ0) is 17.4. The monoisotopic (exact) mass is 329 g/mol. The summed E-state index contributed by atoms with van der Waals surface area (Å²) in [6, 6.07) is 18.6. The largest absolute Gasteiger partial charge is 0.484 e. The van der Waals surface area contributed by atoms with E-state index in [0.29, 0.717) is 0 Å². The summed E-state index contributed by atoms with van der Waals surface area (Å²) in [7, 11) is 0. The van der Waals surface area contributed by atoms with Crippen molar-refractivity contribution in [1.29, 1.82) is 0 Å². The number of para-hydroxylation sites is 1. The SMILES string of the molecule is O=C(O)C(=O)O.c1ccc(OC2CNCCc3ccccc32)cc1. The second-order valence-electron chi connectivity index (χ2n) is 5.18. The second-order valence-corrected chi connectivity index (χ2v) is 5.18. The number of carboxylic acids is 2. The Morgan fingerprint density at radius 2 is 1.58 bits per heavy atom. The van der Waals surface area contributed by atoms with Crippen LogP contribution in [0.1, 0.15) is 17.2 Å². The number of hydrogen-bond donors (Lipinski definition) is 3. The molecule has 0 radical (unpaired) electrons. The van der Waals surface area contributed by atoms with Gasteiger partial charge in [-0.25, -0.2) is 9.59 Å². The molecule has 3 N–H and O–H groups in total. The van der Waals surface area contributed by atoms with Crippen LogP contribution < -0.4 is 10.1 Å². The number of ether oxygens (including phenoxy) is 1. The van der Waals surface area contributed by atoms with E-state index in [9.17, 15) is 0 Å². The lowest BCUT2D eigenvalue weighted by molar-refractivity contribution is -0.159. The summed E-state index contributed by atoms with van der Waals surface area (Å²) >= 11 is 0. The van der Waals surface area contributed by atoms with Gasteiger partial charge in [0.25, 0.3) is 0 Å². The normalized spacial score (nSPS) is 15.9. The second kappa shape index (κ2) is 8.69. The molecule has 0 spiro atoms. The molecule has 3 rings (SSSR count). The third kappa shape index (κ3) is 5.10. The fraction of sp³-hybridized carbons (Fsp3) is 0.222. The third-order valence-corrected chi connectivity index (χ3v) is 3.51. The summed E-state index contributed by atoms with van der Waals surface area (Å²) in [5, 5.41) is 18.2. The van der Waals surface area contributed by atoms with Crippen LogP contribution in [-0.4, -0.2) is 35.2 Å². The molecule has 0 aromatic heterocycles. The van der Waals surface area contributed by atoms with Gasteiger partial charge in [-0.15, -0.1) is 0 Å². The number of carbonyl (C=O) groups is 2. The molecule has 2 aromatic carbocycles. The van der Waals surface area contributed by atoms with Crippen LogP contribution in [0.2, 0.25) is 0 Å². The molecule has 1 heterocycles. The highest BCUT2D eigenvalue weighted by molar-refractivity contribution is 6.27. The molecule has 0 fully saturated rings. The van der Waals surface area contributed by atoms with Crippen molar-refractivity contribution in [3.63, 3.8) is 0 Å². The first-order chi connectivity index (χ1) is 11.6. The van der Waals surface area contributed by atoms with Crippen LogP contribution in [0, 0.1) is 0 Å². The molecule has 126 valence electrons. The molecule has 24 heavy (non-hydrogen) atoms. The molecule has 0 amide bonds. The smallest absolute Gasteiger partial charge is 0.414 e. The Kier molecular flexibility index (Phi) is 6.33. The summed E-state index contributed by atoms with van der Waals surface area (Å²) in [5.41, 5.74) is 2.70. The van der Waals surface area contributed by atoms with Gasteiger partial charge in [0.15, 0.2) is 0 Å². The molecule has 1 unspecified atom stereocenters. The molecule has 0 saturated carbocycles. The fourth-order valence-corrected chi connectivity index (χ4v) is 2.41. The van der Waals surface area contributed by atoms with Crippen LogP contribution in [0.3, 0.4) is 0 Å². The summed E-state index contributed by atoms with van der Waals surface area (Å²) in [6.45, 7) is 1.89. The van der Waals surface area contributed by atoms with Crippen molar-refractivity contribution in [2.45, 2.75) is 12.5 Å². The lowest BCUT2D eigenvalue weighted by atomic mass is 10.0. The zero-order valence-electron chi connectivity index (χ0n) is 13.0. The van der Waals surface area contributed by atoms with Crippen molar-refractivity contribution >= 4 is 11.9 Å². The molecular formula is C18H19NO5. The van der Waals surface area contributed by atoms with Gasteiger partial charge in [0.1, 0.15) is 11.9 Å². The average Bonchev–Trinajstić information content (AvgIpc) is 2.79. The number of hydrogen-bond acceptors (Lipinski definition) is 4. The first-order valence-electron chi connectivity index (χ1n) is 7.54. The third-order valence-electron chi connectivity index (χ3n) is 3.51. The van der Waals surface area contributed by atoms with Gasteiger partial charge in [0.2, 0.25) is 0 Å². The Morgan fingerprint density at radius 3 is 2.25 bits per heavy atom. The minimum Gasteiger partial charge on any atom is -0.484 e. The van der Waals surface area contributed by atoms with E-state index in [1.165, 1.54) is 11.1 Å². The molecule has 0 aliphatic carbocycles. The molecular weight excluding hydrogens is 310 g/mol. The predicted molar refractivity (Wildman–Crippen MR) is 88.1 cm³/mol. The van der Waals surface area contributed by atoms with E-state index in [0.717, 1.165) is 25.3 Å². The van der Waals surface area contributed by atoms with Gasteiger partial charge in [-0.1, -0.05) is 42.5 Å². The fourth-order valence-electron chi connectivity index (χ4n) is 2.41. The van der Waals surface area contributed by atoms with Gasteiger partial charge in [-0.3, -0.25) is 0 Å². The molecule has 0 saturated heterocycles. The van der Waals surface area contributed by atoms with Gasteiger partial charge in [-0.2, -0.15) is 0 Å². The number of benzene rings is 2. The van der Waals surface area contributed by atoms with E-state index in [2.05, 4.69) is 29.6 Å². The van der Waals surface area contributed by atoms with Crippen molar-refractivity contribution < 1.29 is 24.5 Å². The van der Waals surface area contributed by atoms with Crippen molar-refractivity contribution in [1.82, 2.24) is 5.32 Å². The molecule has 1 atom stereocenters. The Hall–Kier alpha value is -2.86. The maximum atomic E-state index is 9.10. The summed E-state index contributed by atoms with van der Waals surface area (Å²) in [6.07, 6.45) is 1.18. The van der Waals surface area contributed by atoms with E-state index in [1.807, 2.05) is 30.3 Å². The van der Waals surface area contributed by atoms with Gasteiger partial charge >= 0.3 is 11.9 Å². The summed E-state index contributed by atoms with van der Waals surface area (Å²) in [4.78, 5) is 18.2. The topological polar surface area (TPSA) is 95.9 Å². The van der Waals surface area contributed by atoms with E-state index in [-0.39, 0.29) is 6.10 Å². The highest BCUT2D eigenvalue weighted by Crippen LogP contribution is 2.25. The molecule has 6 nitrogen and oxygen atoms in total. The quantitative estimate of drug-likeness (QED) is 0.730. The van der Waals surface area contributed by atoms with Crippen LogP contribution >= 0.6 is 0 Å². The minimum atomic E-state index is -1.82. The molecule has 1 aliphatic rings. The first-order valence-corrected chi connectivity index (χ1v) is 7.54. The van der Waals surface area contributed by atoms with Gasteiger partial charge in [0, 0.05) is 6.54 Å². The molecule has 2 aromatic rings. The van der Waals surface area contributed by atoms with Crippen molar-refractivity contribution in [2.24, 2.45) is 0 Å². The Morgan fingerprint density at radius 1 is 0.958 bits per heavy atom. The highest BCUT2D eigenvalue weighted by Gasteiger charge is 2.19. The standard InChI is InChI=1S/C16H17NO.C2H2O4/c1-2-7-14(8-3-1)18-16-12-17-11-10-13-6-4-5-9-15(13)16;3-1(4)2(5)6/h1-9,16-17H,10-12H2;(H,3,4)(H,5,6). The van der Waals surface area contributed by atoms with Crippen LogP contribution in [-0.2, 0) is 16.0 Å². The van der Waals surface area contributed by atoms with E-state index in [4.69, 9.17) is 24.5 Å². The van der Waals surface area contributed by atoms with Crippen LogP contribution in [0.5, 0.6) is 5.75 Å². The van der Waals surface area contributed by atoms with Crippen LogP contribution in [0.25, 0.3) is 0 Å². The average molecular weight is 329 g/mol. The summed E-state index contributed by atoms with van der Waals surface area (Å²) < 4.78 is 6.10. The predicted octanol–water partition coefficient (Wildman–Crippen LogP) is 2.11. The van der Waals surface area contributed by atoms with Gasteiger partial charge in [-0.05, 0) is 36.2 Å². The highest BCUT2D eigenvalue weighted by atomic mass is 16.5. The minimum absolute atomic E-state index is 0.103. The van der Waals surface area contributed by atoms with Gasteiger partial charge in [0.05, 0.1) is 0 Å². The maximum absolute atomic E-state index is 9.10. The van der Waals surface area contributed by atoms with Crippen molar-refractivity contribution in [3.8, 4) is 5.75 Å². The van der Waals surface area contributed by atoms with Crippen molar-refractivity contribution in [2.75, 3.05) is 13.1 Å². The number of carboxylic acid groups (broad SMARTS) is 2. The summed E-state index contributed by atoms with van der Waals surface area (Å²) in [5.74, 6) is -2.72. The van der Waals surface area contributed by atoms with Crippen LogP contribution in [0.4, 0.5) is 0 Å². The lowest BCUT2D eigenvalue weighted by Crippen LogP contribution is -2.23. The van der Waals surface area contributed by atoms with Crippen LogP contribution in [0.15, 0.2) is 54.6 Å². The first kappa shape index (κ1) is 17.5. The van der Waals surface area contributed by atoms with Crippen molar-refractivity contribution in [3.05, 3.63) is 65.7 Å².